The number of hydrogen-bond acceptors (Lipinski definition) is 5. The summed E-state index contributed by atoms with van der Waals surface area (Å²) < 4.78 is 29.8. The van der Waals surface area contributed by atoms with Crippen molar-refractivity contribution in [2.75, 3.05) is 0 Å². The summed E-state index contributed by atoms with van der Waals surface area (Å²) in [6.45, 7) is 0. The molecule has 0 aromatic heterocycles. The van der Waals surface area contributed by atoms with Crippen LogP contribution < -0.4 is 51.4 Å². The van der Waals surface area contributed by atoms with Crippen molar-refractivity contribution in [3.05, 3.63) is 17.7 Å². The maximum atomic E-state index is 10.6. The maximum absolute atomic E-state index is 10.6. The predicted molar refractivity (Wildman–Crippen MR) is 51.3 cm³/mol. The first-order chi connectivity index (χ1) is 6.75. The van der Waals surface area contributed by atoms with Crippen molar-refractivity contribution in [3.8, 4) is 11.5 Å². The zero-order valence-electron chi connectivity index (χ0n) is 9.58. The molecule has 0 spiro atoms. The van der Waals surface area contributed by atoms with Gasteiger partial charge in [-0.1, -0.05) is 0 Å². The Kier molecular flexibility index (Phi) is 7.49. The van der Waals surface area contributed by atoms with Crippen LogP contribution in [0.1, 0.15) is 11.8 Å². The van der Waals surface area contributed by atoms with Crippen LogP contribution in [0.4, 0.5) is 0 Å². The first kappa shape index (κ1) is 19.1. The Morgan fingerprint density at radius 3 is 2.00 bits per heavy atom. The molecule has 0 unspecified atom stereocenters. The topological polar surface area (TPSA) is 164 Å². The summed E-state index contributed by atoms with van der Waals surface area (Å²) in [5.41, 5.74) is -0.667. The van der Waals surface area contributed by atoms with Gasteiger partial charge in [-0.05, 0) is 12.1 Å². The van der Waals surface area contributed by atoms with Gasteiger partial charge in [0.05, 0.1) is 0 Å². The zero-order valence-corrected chi connectivity index (χ0v) is 12.5. The van der Waals surface area contributed by atoms with Crippen molar-refractivity contribution in [3.63, 3.8) is 0 Å². The van der Waals surface area contributed by atoms with E-state index in [1.54, 1.807) is 0 Å². The second-order valence-corrected chi connectivity index (χ2v) is 3.98. The summed E-state index contributed by atoms with van der Waals surface area (Å²) in [5, 5.41) is 26.7. The standard InChI is InChI=1S/C7H6O7S.K.H2O.H/c8-5-3(7(10)11)1-2-4(6(5)9)15(12,13)14;;;/h1-2,8-9H,(H,10,11)(H,12,13,14);;1H2;/q;+1;;-1. The van der Waals surface area contributed by atoms with Crippen molar-refractivity contribution in [2.24, 2.45) is 0 Å². The van der Waals surface area contributed by atoms with Gasteiger partial charge in [0, 0.05) is 0 Å². The number of aromatic carboxylic acids is 1. The number of rotatable bonds is 2. The minimum Gasteiger partial charge on any atom is -1.00 e. The Hall–Kier alpha value is -0.204. The summed E-state index contributed by atoms with van der Waals surface area (Å²) in [5.74, 6) is -3.85. The SMILES string of the molecule is O.O=C(O)c1ccc(S(=O)(=O)O)c(O)c1O.[H-].[K+]. The number of carboxylic acid groups (broad SMARTS) is 1. The number of phenolic OH excluding ortho intramolecular Hbond substituents is 1. The van der Waals surface area contributed by atoms with E-state index >= 15 is 0 Å². The molecule has 10 heteroatoms. The van der Waals surface area contributed by atoms with Crippen LogP contribution >= 0.6 is 0 Å². The van der Waals surface area contributed by atoms with Gasteiger partial charge in [0.2, 0.25) is 0 Å². The van der Waals surface area contributed by atoms with Crippen LogP contribution in [-0.2, 0) is 10.1 Å². The zero-order chi connectivity index (χ0) is 11.8. The van der Waals surface area contributed by atoms with Gasteiger partial charge in [0.25, 0.3) is 10.1 Å². The molecule has 0 saturated carbocycles. The largest absolute Gasteiger partial charge is 1.00 e. The molecule has 0 aliphatic rings. The molecule has 0 aliphatic heterocycles. The van der Waals surface area contributed by atoms with E-state index in [0.717, 1.165) is 6.07 Å². The molecule has 0 fully saturated rings. The second-order valence-electron chi connectivity index (χ2n) is 2.59. The normalized spacial score (nSPS) is 9.94. The van der Waals surface area contributed by atoms with E-state index in [-0.39, 0.29) is 58.3 Å². The van der Waals surface area contributed by atoms with Gasteiger partial charge in [0.15, 0.2) is 11.5 Å². The van der Waals surface area contributed by atoms with Crippen molar-refractivity contribution in [1.29, 1.82) is 0 Å². The molecular weight excluding hydrogens is 283 g/mol. The molecule has 6 N–H and O–H groups in total. The first-order valence-corrected chi connectivity index (χ1v) is 4.95. The summed E-state index contributed by atoms with van der Waals surface area (Å²) in [6, 6.07) is 1.42. The summed E-state index contributed by atoms with van der Waals surface area (Å²) in [6.07, 6.45) is 0. The van der Waals surface area contributed by atoms with Crippen LogP contribution in [0.2, 0.25) is 0 Å². The van der Waals surface area contributed by atoms with E-state index in [0.29, 0.717) is 6.07 Å². The van der Waals surface area contributed by atoms with Crippen molar-refractivity contribution in [2.45, 2.75) is 4.90 Å². The molecule has 8 nitrogen and oxygen atoms in total. The average Bonchev–Trinajstić information content (AvgIpc) is 2.06. The molecule has 0 radical (unpaired) electrons. The molecule has 17 heavy (non-hydrogen) atoms. The Labute approximate surface area is 140 Å². The van der Waals surface area contributed by atoms with Gasteiger partial charge >= 0.3 is 57.4 Å². The van der Waals surface area contributed by atoms with Crippen LogP contribution in [-0.4, -0.2) is 39.7 Å². The van der Waals surface area contributed by atoms with Gasteiger partial charge in [-0.2, -0.15) is 8.42 Å². The molecule has 92 valence electrons. The average molecular weight is 292 g/mol. The van der Waals surface area contributed by atoms with Crippen LogP contribution in [0.3, 0.4) is 0 Å². The summed E-state index contributed by atoms with van der Waals surface area (Å²) in [4.78, 5) is 9.50. The Balaban J connectivity index is -0.000000750. The third kappa shape index (κ3) is 4.19. The fraction of sp³-hybridized carbons (Fsp3) is 0. The fourth-order valence-corrected chi connectivity index (χ4v) is 1.52. The molecule has 0 saturated heterocycles. The van der Waals surface area contributed by atoms with Gasteiger partial charge in [-0.3, -0.25) is 4.55 Å². The van der Waals surface area contributed by atoms with Crippen LogP contribution in [0.5, 0.6) is 11.5 Å². The summed E-state index contributed by atoms with van der Waals surface area (Å²) in [7, 11) is -4.70. The monoisotopic (exact) mass is 292 g/mol. The van der Waals surface area contributed by atoms with E-state index in [2.05, 4.69) is 0 Å². The Bertz CT molecular complexity index is 528. The Morgan fingerprint density at radius 1 is 1.18 bits per heavy atom. The second kappa shape index (κ2) is 6.65. The van der Waals surface area contributed by atoms with Gasteiger partial charge in [-0.15, -0.1) is 0 Å². The van der Waals surface area contributed by atoms with Gasteiger partial charge in [0.1, 0.15) is 10.5 Å². The molecule has 1 rings (SSSR count). The maximum Gasteiger partial charge on any atom is 1.00 e. The van der Waals surface area contributed by atoms with E-state index in [9.17, 15) is 13.2 Å². The third-order valence-electron chi connectivity index (χ3n) is 1.62. The summed E-state index contributed by atoms with van der Waals surface area (Å²) >= 11 is 0. The first-order valence-electron chi connectivity index (χ1n) is 3.51. The number of phenols is 2. The van der Waals surface area contributed by atoms with Gasteiger partial charge in [-0.25, -0.2) is 4.79 Å². The molecule has 0 heterocycles. The van der Waals surface area contributed by atoms with Crippen molar-refractivity contribution in [1.82, 2.24) is 0 Å². The van der Waals surface area contributed by atoms with Crippen molar-refractivity contribution >= 4 is 16.1 Å². The fourth-order valence-electron chi connectivity index (χ4n) is 0.942. The number of benzene rings is 1. The van der Waals surface area contributed by atoms with Crippen LogP contribution in [0, 0.1) is 0 Å². The minimum absolute atomic E-state index is 0. The number of aromatic hydroxyl groups is 2. The molecular formula is C7H9KO8S. The van der Waals surface area contributed by atoms with E-state index < -0.39 is 38.0 Å². The minimum atomic E-state index is -4.70. The van der Waals surface area contributed by atoms with Crippen LogP contribution in [0.15, 0.2) is 17.0 Å². The molecule has 1 aromatic rings. The molecule has 1 aromatic carbocycles. The number of carbonyl (C=O) groups is 1. The van der Waals surface area contributed by atoms with Crippen LogP contribution in [0.25, 0.3) is 0 Å². The van der Waals surface area contributed by atoms with Gasteiger partial charge < -0.3 is 22.2 Å². The van der Waals surface area contributed by atoms with Crippen molar-refractivity contribution < 1.29 is 91.4 Å². The predicted octanol–water partition coefficient (Wildman–Crippen LogP) is -3.67. The van der Waals surface area contributed by atoms with E-state index in [4.69, 9.17) is 19.9 Å². The molecule has 0 amide bonds. The number of carboxylic acids is 1. The molecule has 0 aliphatic carbocycles. The molecule has 0 bridgehead atoms. The van der Waals surface area contributed by atoms with E-state index in [1.807, 2.05) is 0 Å². The molecule has 0 atom stereocenters. The van der Waals surface area contributed by atoms with E-state index in [1.165, 1.54) is 0 Å². The third-order valence-corrected chi connectivity index (χ3v) is 2.51. The smallest absolute Gasteiger partial charge is 1.00 e. The Morgan fingerprint density at radius 2 is 1.65 bits per heavy atom. The quantitative estimate of drug-likeness (QED) is 0.248. The number of hydrogen-bond donors (Lipinski definition) is 4.